The van der Waals surface area contributed by atoms with Crippen molar-refractivity contribution in [2.75, 3.05) is 19.4 Å². The number of carbonyl (C=O) groups excluding carboxylic acids is 2. The first-order valence-electron chi connectivity index (χ1n) is 7.43. The second-order valence-electron chi connectivity index (χ2n) is 6.01. The Morgan fingerprint density at radius 2 is 1.88 bits per heavy atom. The van der Waals surface area contributed by atoms with Crippen LogP contribution >= 0.6 is 11.6 Å². The van der Waals surface area contributed by atoms with E-state index >= 15 is 0 Å². The molecule has 8 heteroatoms. The van der Waals surface area contributed by atoms with Gasteiger partial charge in [0.1, 0.15) is 6.04 Å². The number of nitrogens with zero attached hydrogens (tertiary/aromatic N) is 1. The molecule has 1 aromatic carbocycles. The van der Waals surface area contributed by atoms with Gasteiger partial charge in [-0.25, -0.2) is 9.59 Å². The first kappa shape index (κ1) is 19.8. The van der Waals surface area contributed by atoms with E-state index in [1.807, 2.05) is 13.8 Å². The molecule has 24 heavy (non-hydrogen) atoms. The highest BCUT2D eigenvalue weighted by atomic mass is 35.5. The third-order valence-electron chi connectivity index (χ3n) is 3.18. The molecule has 0 saturated carbocycles. The number of urea groups is 1. The van der Waals surface area contributed by atoms with Crippen LogP contribution in [0.1, 0.15) is 30.6 Å². The zero-order chi connectivity index (χ0) is 18.4. The van der Waals surface area contributed by atoms with Gasteiger partial charge < -0.3 is 20.6 Å². The van der Waals surface area contributed by atoms with Crippen molar-refractivity contribution in [3.05, 3.63) is 28.8 Å². The zero-order valence-corrected chi connectivity index (χ0v) is 14.8. The normalized spacial score (nSPS) is 11.8. The molecule has 0 saturated heterocycles. The summed E-state index contributed by atoms with van der Waals surface area (Å²) in [6.07, 6.45) is 0.301. The minimum atomic E-state index is -1.11. The average Bonchev–Trinajstić information content (AvgIpc) is 2.47. The first-order chi connectivity index (χ1) is 11.1. The van der Waals surface area contributed by atoms with Crippen molar-refractivity contribution >= 4 is 35.2 Å². The molecule has 132 valence electrons. The van der Waals surface area contributed by atoms with Crippen LogP contribution in [0.25, 0.3) is 0 Å². The summed E-state index contributed by atoms with van der Waals surface area (Å²) >= 11 is 6.03. The Balaban J connectivity index is 2.96. The van der Waals surface area contributed by atoms with Crippen LogP contribution in [0.15, 0.2) is 18.2 Å². The lowest BCUT2D eigenvalue weighted by Gasteiger charge is -2.17. The molecule has 0 radical (unpaired) electrons. The number of nitrogens with one attached hydrogen (secondary N) is 2. The van der Waals surface area contributed by atoms with Crippen LogP contribution in [-0.2, 0) is 4.79 Å². The van der Waals surface area contributed by atoms with Gasteiger partial charge in [-0.1, -0.05) is 25.4 Å². The third-order valence-corrected chi connectivity index (χ3v) is 3.51. The number of rotatable bonds is 6. The summed E-state index contributed by atoms with van der Waals surface area (Å²) in [7, 11) is 3.17. The van der Waals surface area contributed by atoms with Crippen molar-refractivity contribution in [3.8, 4) is 0 Å². The Bertz CT molecular complexity index is 632. The maximum Gasteiger partial charge on any atom is 0.326 e. The predicted octanol–water partition coefficient (Wildman–Crippen LogP) is 2.66. The molecular formula is C16H22ClN3O4. The largest absolute Gasteiger partial charge is 0.480 e. The molecule has 1 rings (SSSR count). The number of benzene rings is 1. The first-order valence-corrected chi connectivity index (χ1v) is 7.81. The Labute approximate surface area is 146 Å². The lowest BCUT2D eigenvalue weighted by molar-refractivity contribution is -0.139. The highest BCUT2D eigenvalue weighted by Crippen LogP contribution is 2.21. The van der Waals surface area contributed by atoms with E-state index in [1.165, 1.54) is 17.0 Å². The van der Waals surface area contributed by atoms with E-state index in [2.05, 4.69) is 10.6 Å². The van der Waals surface area contributed by atoms with Gasteiger partial charge in [-0.2, -0.15) is 0 Å². The SMILES string of the molecule is CC(C)C[C@H](NC(=O)c1cc(NC(=O)N(C)C)ccc1Cl)C(=O)O. The molecule has 3 N–H and O–H groups in total. The number of hydrogen-bond acceptors (Lipinski definition) is 3. The lowest BCUT2D eigenvalue weighted by Crippen LogP contribution is -2.41. The van der Waals surface area contributed by atoms with Crippen LogP contribution in [0.3, 0.4) is 0 Å². The van der Waals surface area contributed by atoms with Gasteiger partial charge in [0, 0.05) is 19.8 Å². The van der Waals surface area contributed by atoms with Crippen LogP contribution in [0.4, 0.5) is 10.5 Å². The summed E-state index contributed by atoms with van der Waals surface area (Å²) in [5, 5.41) is 14.4. The van der Waals surface area contributed by atoms with Crippen LogP contribution in [-0.4, -0.2) is 48.1 Å². The quantitative estimate of drug-likeness (QED) is 0.730. The number of carboxylic acid groups (broad SMARTS) is 1. The van der Waals surface area contributed by atoms with Crippen molar-refractivity contribution in [2.24, 2.45) is 5.92 Å². The average molecular weight is 356 g/mol. The molecule has 0 fully saturated rings. The molecule has 0 heterocycles. The van der Waals surface area contributed by atoms with Gasteiger partial charge in [-0.15, -0.1) is 0 Å². The molecule has 0 aliphatic carbocycles. The molecule has 0 bridgehead atoms. The van der Waals surface area contributed by atoms with Crippen molar-refractivity contribution in [2.45, 2.75) is 26.3 Å². The fraction of sp³-hybridized carbons (Fsp3) is 0.438. The van der Waals surface area contributed by atoms with Crippen molar-refractivity contribution in [3.63, 3.8) is 0 Å². The Kier molecular flexibility index (Phi) is 7.03. The summed E-state index contributed by atoms with van der Waals surface area (Å²) in [5.41, 5.74) is 0.488. The van der Waals surface area contributed by atoms with E-state index in [-0.39, 0.29) is 22.5 Å². The minimum Gasteiger partial charge on any atom is -0.480 e. The zero-order valence-electron chi connectivity index (χ0n) is 14.1. The molecule has 1 atom stereocenters. The van der Waals surface area contributed by atoms with E-state index in [1.54, 1.807) is 20.2 Å². The number of aliphatic carboxylic acids is 1. The number of carboxylic acids is 1. The highest BCUT2D eigenvalue weighted by Gasteiger charge is 2.23. The highest BCUT2D eigenvalue weighted by molar-refractivity contribution is 6.34. The van der Waals surface area contributed by atoms with E-state index < -0.39 is 17.9 Å². The van der Waals surface area contributed by atoms with Crippen molar-refractivity contribution < 1.29 is 19.5 Å². The number of anilines is 1. The van der Waals surface area contributed by atoms with Crippen molar-refractivity contribution in [1.82, 2.24) is 10.2 Å². The Morgan fingerprint density at radius 3 is 2.38 bits per heavy atom. The molecule has 1 aromatic rings. The molecule has 0 unspecified atom stereocenters. The fourth-order valence-corrected chi connectivity index (χ4v) is 2.14. The summed E-state index contributed by atoms with van der Waals surface area (Å²) in [5.74, 6) is -1.60. The van der Waals surface area contributed by atoms with Gasteiger partial charge in [-0.3, -0.25) is 4.79 Å². The minimum absolute atomic E-state index is 0.100. The standard InChI is InChI=1S/C16H22ClN3O4/c1-9(2)7-13(15(22)23)19-14(21)11-8-10(5-6-12(11)17)18-16(24)20(3)4/h5-6,8-9,13H,7H2,1-4H3,(H,18,24)(H,19,21)(H,22,23)/t13-/m0/s1. The van der Waals surface area contributed by atoms with Crippen LogP contribution in [0, 0.1) is 5.92 Å². The maximum atomic E-state index is 12.4. The van der Waals surface area contributed by atoms with Gasteiger partial charge in [0.2, 0.25) is 0 Å². The molecule has 0 aliphatic rings. The molecule has 0 aromatic heterocycles. The lowest BCUT2D eigenvalue weighted by atomic mass is 10.0. The Morgan fingerprint density at radius 1 is 1.25 bits per heavy atom. The van der Waals surface area contributed by atoms with E-state index in [0.29, 0.717) is 12.1 Å². The number of halogens is 1. The van der Waals surface area contributed by atoms with E-state index in [9.17, 15) is 19.5 Å². The van der Waals surface area contributed by atoms with E-state index in [0.717, 1.165) is 0 Å². The fourth-order valence-electron chi connectivity index (χ4n) is 1.94. The summed E-state index contributed by atoms with van der Waals surface area (Å²) < 4.78 is 0. The molecule has 0 aliphatic heterocycles. The summed E-state index contributed by atoms with van der Waals surface area (Å²) in [6.45, 7) is 3.74. The van der Waals surface area contributed by atoms with Gasteiger partial charge in [0.25, 0.3) is 5.91 Å². The summed E-state index contributed by atoms with van der Waals surface area (Å²) in [6, 6.07) is 3.08. The number of amides is 3. The molecule has 7 nitrogen and oxygen atoms in total. The number of carbonyl (C=O) groups is 3. The topological polar surface area (TPSA) is 98.7 Å². The second kappa shape index (κ2) is 8.54. The number of hydrogen-bond donors (Lipinski definition) is 3. The van der Waals surface area contributed by atoms with Gasteiger partial charge in [0.05, 0.1) is 10.6 Å². The van der Waals surface area contributed by atoms with Crippen LogP contribution in [0.2, 0.25) is 5.02 Å². The maximum absolute atomic E-state index is 12.4. The molecule has 0 spiro atoms. The predicted molar refractivity (Wildman–Crippen MR) is 92.5 cm³/mol. The monoisotopic (exact) mass is 355 g/mol. The summed E-state index contributed by atoms with van der Waals surface area (Å²) in [4.78, 5) is 36.6. The third kappa shape index (κ3) is 5.73. The van der Waals surface area contributed by atoms with E-state index in [4.69, 9.17) is 11.6 Å². The van der Waals surface area contributed by atoms with Gasteiger partial charge >= 0.3 is 12.0 Å². The van der Waals surface area contributed by atoms with Crippen LogP contribution in [0.5, 0.6) is 0 Å². The molecular weight excluding hydrogens is 334 g/mol. The van der Waals surface area contributed by atoms with Gasteiger partial charge in [-0.05, 0) is 30.5 Å². The van der Waals surface area contributed by atoms with Crippen LogP contribution < -0.4 is 10.6 Å². The Hall–Kier alpha value is -2.28. The second-order valence-corrected chi connectivity index (χ2v) is 6.42. The smallest absolute Gasteiger partial charge is 0.326 e. The molecule has 3 amide bonds. The van der Waals surface area contributed by atoms with Gasteiger partial charge in [0.15, 0.2) is 0 Å². The van der Waals surface area contributed by atoms with Crippen molar-refractivity contribution in [1.29, 1.82) is 0 Å².